The molecule has 0 atom stereocenters. The van der Waals surface area contributed by atoms with E-state index in [9.17, 15) is 13.2 Å². The van der Waals surface area contributed by atoms with E-state index in [1.165, 1.54) is 28.6 Å². The number of anilines is 1. The predicted octanol–water partition coefficient (Wildman–Crippen LogP) is 6.31. The van der Waals surface area contributed by atoms with Crippen molar-refractivity contribution < 1.29 is 13.2 Å². The number of halogens is 3. The van der Waals surface area contributed by atoms with Gasteiger partial charge in [0.1, 0.15) is 0 Å². The third kappa shape index (κ3) is 6.20. The molecule has 32 heavy (non-hydrogen) atoms. The molecule has 5 nitrogen and oxygen atoms in total. The van der Waals surface area contributed by atoms with E-state index < -0.39 is 15.9 Å². The van der Waals surface area contributed by atoms with Crippen LogP contribution in [0.2, 0.25) is 5.02 Å². The van der Waals surface area contributed by atoms with E-state index in [1.807, 2.05) is 50.2 Å². The maximum Gasteiger partial charge on any atom is 0.243 e. The van der Waals surface area contributed by atoms with E-state index in [0.29, 0.717) is 10.7 Å². The summed E-state index contributed by atoms with van der Waals surface area (Å²) in [5.74, 6) is -0.423. The first-order valence-electron chi connectivity index (χ1n) is 9.63. The molecule has 9 heteroatoms. The molecule has 0 unspecified atom stereocenters. The number of amides is 1. The number of hydrogen-bond acceptors (Lipinski definition) is 3. The second-order valence-corrected chi connectivity index (χ2v) is 11.5. The quantitative estimate of drug-likeness (QED) is 0.346. The van der Waals surface area contributed by atoms with Crippen LogP contribution >= 0.6 is 43.5 Å². The summed E-state index contributed by atoms with van der Waals surface area (Å²) in [6, 6.07) is 17.0. The van der Waals surface area contributed by atoms with Crippen molar-refractivity contribution in [3.8, 4) is 0 Å². The van der Waals surface area contributed by atoms with Gasteiger partial charge in [-0.1, -0.05) is 55.6 Å². The fourth-order valence-corrected chi connectivity index (χ4v) is 5.68. The summed E-state index contributed by atoms with van der Waals surface area (Å²) in [7, 11) is -3.95. The van der Waals surface area contributed by atoms with Gasteiger partial charge in [0.05, 0.1) is 11.4 Å². The zero-order chi connectivity index (χ0) is 23.5. The van der Waals surface area contributed by atoms with Crippen LogP contribution in [0.3, 0.4) is 0 Å². The Morgan fingerprint density at radius 2 is 1.50 bits per heavy atom. The van der Waals surface area contributed by atoms with E-state index in [-0.39, 0.29) is 18.0 Å². The van der Waals surface area contributed by atoms with Crippen molar-refractivity contribution in [3.63, 3.8) is 0 Å². The SMILES string of the molecule is Cc1cc(Br)cc(C)c1NC(=O)CN(Cc1ccc(Br)cc1)S(=O)(=O)c1ccc(Cl)cc1. The normalized spacial score (nSPS) is 11.6. The molecule has 0 aliphatic heterocycles. The van der Waals surface area contributed by atoms with Gasteiger partial charge >= 0.3 is 0 Å². The number of hydrogen-bond donors (Lipinski definition) is 1. The molecule has 0 aromatic heterocycles. The van der Waals surface area contributed by atoms with Crippen LogP contribution in [-0.2, 0) is 21.4 Å². The van der Waals surface area contributed by atoms with Gasteiger partial charge in [0, 0.05) is 26.2 Å². The molecule has 1 amide bonds. The number of aryl methyl sites for hydroxylation is 2. The number of sulfonamides is 1. The van der Waals surface area contributed by atoms with Crippen molar-refractivity contribution in [1.29, 1.82) is 0 Å². The first-order chi connectivity index (χ1) is 15.1. The molecule has 0 aliphatic rings. The zero-order valence-corrected chi connectivity index (χ0v) is 22.1. The Morgan fingerprint density at radius 1 is 0.938 bits per heavy atom. The van der Waals surface area contributed by atoms with Crippen LogP contribution in [0, 0.1) is 13.8 Å². The van der Waals surface area contributed by atoms with E-state index in [2.05, 4.69) is 37.2 Å². The highest BCUT2D eigenvalue weighted by Gasteiger charge is 2.27. The lowest BCUT2D eigenvalue weighted by atomic mass is 10.1. The minimum atomic E-state index is -3.95. The lowest BCUT2D eigenvalue weighted by Crippen LogP contribution is -2.37. The summed E-state index contributed by atoms with van der Waals surface area (Å²) in [4.78, 5) is 13.0. The molecule has 0 bridgehead atoms. The number of nitrogens with zero attached hydrogens (tertiary/aromatic N) is 1. The van der Waals surface area contributed by atoms with E-state index in [4.69, 9.17) is 11.6 Å². The van der Waals surface area contributed by atoms with Crippen LogP contribution in [0.1, 0.15) is 16.7 Å². The number of nitrogens with one attached hydrogen (secondary N) is 1. The maximum atomic E-state index is 13.4. The van der Waals surface area contributed by atoms with Gasteiger partial charge in [0.15, 0.2) is 0 Å². The molecule has 168 valence electrons. The largest absolute Gasteiger partial charge is 0.324 e. The van der Waals surface area contributed by atoms with Gasteiger partial charge in [-0.25, -0.2) is 8.42 Å². The Kier molecular flexibility index (Phi) is 8.16. The molecule has 3 rings (SSSR count). The van der Waals surface area contributed by atoms with Crippen molar-refractivity contribution >= 4 is 65.1 Å². The Balaban J connectivity index is 1.90. The first kappa shape index (κ1) is 24.9. The van der Waals surface area contributed by atoms with Crippen molar-refractivity contribution in [2.24, 2.45) is 0 Å². The van der Waals surface area contributed by atoms with E-state index >= 15 is 0 Å². The van der Waals surface area contributed by atoms with E-state index in [0.717, 1.165) is 25.6 Å². The zero-order valence-electron chi connectivity index (χ0n) is 17.4. The maximum absolute atomic E-state index is 13.4. The highest BCUT2D eigenvalue weighted by atomic mass is 79.9. The number of benzene rings is 3. The predicted molar refractivity (Wildman–Crippen MR) is 135 cm³/mol. The third-order valence-corrected chi connectivity index (χ3v) is 7.85. The number of rotatable bonds is 7. The van der Waals surface area contributed by atoms with Gasteiger partial charge in [-0.15, -0.1) is 0 Å². The van der Waals surface area contributed by atoms with Crippen LogP contribution in [0.5, 0.6) is 0 Å². The summed E-state index contributed by atoms with van der Waals surface area (Å²) in [5, 5.41) is 3.30. The average Bonchev–Trinajstić information content (AvgIpc) is 2.72. The molecule has 0 radical (unpaired) electrons. The first-order valence-corrected chi connectivity index (χ1v) is 13.0. The summed E-state index contributed by atoms with van der Waals surface area (Å²) in [5.41, 5.74) is 3.19. The van der Waals surface area contributed by atoms with Gasteiger partial charge in [0.2, 0.25) is 15.9 Å². The Hall–Kier alpha value is -1.71. The van der Waals surface area contributed by atoms with Crippen LogP contribution in [0.15, 0.2) is 74.5 Å². The molecule has 1 N–H and O–H groups in total. The average molecular weight is 601 g/mol. The highest BCUT2D eigenvalue weighted by Crippen LogP contribution is 2.26. The summed E-state index contributed by atoms with van der Waals surface area (Å²) in [6.07, 6.45) is 0. The van der Waals surface area contributed by atoms with Crippen molar-refractivity contribution in [2.75, 3.05) is 11.9 Å². The van der Waals surface area contributed by atoms with Crippen LogP contribution in [-0.4, -0.2) is 25.2 Å². The monoisotopic (exact) mass is 598 g/mol. The molecular formula is C23H21Br2ClN2O3S. The van der Waals surface area contributed by atoms with Crippen LogP contribution in [0.25, 0.3) is 0 Å². The molecular weight excluding hydrogens is 580 g/mol. The minimum absolute atomic E-state index is 0.0456. The Morgan fingerprint density at radius 3 is 2.06 bits per heavy atom. The summed E-state index contributed by atoms with van der Waals surface area (Å²) >= 11 is 12.7. The van der Waals surface area contributed by atoms with Crippen LogP contribution < -0.4 is 5.32 Å². The molecule has 3 aromatic rings. The molecule has 0 spiro atoms. The Labute approximate surface area is 210 Å². The molecule has 0 aliphatic carbocycles. The number of carbonyl (C=O) groups is 1. The van der Waals surface area contributed by atoms with Gasteiger partial charge in [0.25, 0.3) is 0 Å². The molecule has 0 heterocycles. The fraction of sp³-hybridized carbons (Fsp3) is 0.174. The highest BCUT2D eigenvalue weighted by molar-refractivity contribution is 9.10. The van der Waals surface area contributed by atoms with Crippen molar-refractivity contribution in [2.45, 2.75) is 25.3 Å². The standard InChI is InChI=1S/C23H21Br2ClN2O3S/c1-15-11-19(25)12-16(2)23(15)27-22(29)14-28(13-17-3-5-18(24)6-4-17)32(30,31)21-9-7-20(26)8-10-21/h3-12H,13-14H2,1-2H3,(H,27,29). The Bertz CT molecular complexity index is 1210. The summed E-state index contributed by atoms with van der Waals surface area (Å²) < 4.78 is 29.7. The van der Waals surface area contributed by atoms with Crippen molar-refractivity contribution in [1.82, 2.24) is 4.31 Å². The molecule has 0 saturated carbocycles. The third-order valence-electron chi connectivity index (χ3n) is 4.81. The van der Waals surface area contributed by atoms with Gasteiger partial charge in [-0.05, 0) is 79.1 Å². The van der Waals surface area contributed by atoms with Gasteiger partial charge in [-0.3, -0.25) is 4.79 Å². The second-order valence-electron chi connectivity index (χ2n) is 7.32. The lowest BCUT2D eigenvalue weighted by Gasteiger charge is -2.23. The minimum Gasteiger partial charge on any atom is -0.324 e. The van der Waals surface area contributed by atoms with Crippen molar-refractivity contribution in [3.05, 3.63) is 91.3 Å². The van der Waals surface area contributed by atoms with E-state index in [1.54, 1.807) is 0 Å². The fourth-order valence-electron chi connectivity index (χ4n) is 3.22. The lowest BCUT2D eigenvalue weighted by molar-refractivity contribution is -0.116. The molecule has 0 saturated heterocycles. The second kappa shape index (κ2) is 10.5. The van der Waals surface area contributed by atoms with Gasteiger partial charge in [-0.2, -0.15) is 4.31 Å². The van der Waals surface area contributed by atoms with Gasteiger partial charge < -0.3 is 5.32 Å². The smallest absolute Gasteiger partial charge is 0.243 e. The number of carbonyl (C=O) groups excluding carboxylic acids is 1. The summed E-state index contributed by atoms with van der Waals surface area (Å²) in [6.45, 7) is 3.48. The molecule has 0 fully saturated rings. The topological polar surface area (TPSA) is 66.5 Å². The van der Waals surface area contributed by atoms with Crippen LogP contribution in [0.4, 0.5) is 5.69 Å². The molecule has 3 aromatic carbocycles.